The molecule has 2 aromatic rings. The molecule has 4 rings (SSSR count). The van der Waals surface area contributed by atoms with Gasteiger partial charge in [0.15, 0.2) is 0 Å². The van der Waals surface area contributed by atoms with E-state index in [4.69, 9.17) is 4.74 Å². The van der Waals surface area contributed by atoms with Crippen LogP contribution in [0.1, 0.15) is 30.7 Å². The van der Waals surface area contributed by atoms with E-state index >= 15 is 0 Å². The summed E-state index contributed by atoms with van der Waals surface area (Å²) in [5.41, 5.74) is 3.15. The monoisotopic (exact) mass is 393 g/mol. The van der Waals surface area contributed by atoms with Gasteiger partial charge in [0, 0.05) is 43.3 Å². The summed E-state index contributed by atoms with van der Waals surface area (Å²) in [6.45, 7) is 2.78. The molecular weight excluding hydrogens is 366 g/mol. The first-order valence-electron chi connectivity index (χ1n) is 10.2. The van der Waals surface area contributed by atoms with Crippen LogP contribution in [0.3, 0.4) is 0 Å². The molecule has 29 heavy (non-hydrogen) atoms. The summed E-state index contributed by atoms with van der Waals surface area (Å²) in [6.07, 6.45) is 2.58. The van der Waals surface area contributed by atoms with E-state index in [1.165, 1.54) is 5.56 Å². The molecule has 2 aliphatic rings. The number of amides is 2. The molecular formula is C23H27N3O3. The molecule has 0 spiro atoms. The van der Waals surface area contributed by atoms with E-state index in [0.717, 1.165) is 49.6 Å². The molecule has 0 aromatic heterocycles. The summed E-state index contributed by atoms with van der Waals surface area (Å²) < 4.78 is 5.15. The minimum Gasteiger partial charge on any atom is -0.497 e. The summed E-state index contributed by atoms with van der Waals surface area (Å²) in [5, 5.41) is 2.96. The van der Waals surface area contributed by atoms with Gasteiger partial charge in [0.25, 0.3) is 0 Å². The smallest absolute Gasteiger partial charge is 0.243 e. The lowest BCUT2D eigenvalue weighted by atomic mass is 9.98. The van der Waals surface area contributed by atoms with Crippen LogP contribution in [0.4, 0.5) is 11.4 Å². The van der Waals surface area contributed by atoms with Gasteiger partial charge < -0.3 is 19.9 Å². The van der Waals surface area contributed by atoms with E-state index in [1.807, 2.05) is 41.3 Å². The second-order valence-electron chi connectivity index (χ2n) is 7.69. The third-order valence-electron chi connectivity index (χ3n) is 5.79. The number of carbonyl (C=O) groups is 2. The minimum absolute atomic E-state index is 0.0414. The highest BCUT2D eigenvalue weighted by Crippen LogP contribution is 2.38. The number of carbonyl (C=O) groups excluding carboxylic acids is 2. The molecule has 6 nitrogen and oxygen atoms in total. The molecule has 1 saturated heterocycles. The minimum atomic E-state index is -0.0414. The van der Waals surface area contributed by atoms with Crippen molar-refractivity contribution in [1.29, 1.82) is 0 Å². The molecule has 6 heteroatoms. The summed E-state index contributed by atoms with van der Waals surface area (Å²) >= 11 is 0. The summed E-state index contributed by atoms with van der Waals surface area (Å²) in [6, 6.07) is 15.6. The fourth-order valence-electron chi connectivity index (χ4n) is 4.28. The number of anilines is 2. The van der Waals surface area contributed by atoms with Crippen LogP contribution in [-0.4, -0.2) is 50.0 Å². The molecule has 152 valence electrons. The quantitative estimate of drug-likeness (QED) is 0.784. The lowest BCUT2D eigenvalue weighted by Crippen LogP contribution is -2.33. The largest absolute Gasteiger partial charge is 0.497 e. The van der Waals surface area contributed by atoms with Crippen molar-refractivity contribution in [1.82, 2.24) is 4.90 Å². The Labute approximate surface area is 171 Å². The number of hydrogen-bond donors (Lipinski definition) is 1. The average Bonchev–Trinajstić information content (AvgIpc) is 3.30. The summed E-state index contributed by atoms with van der Waals surface area (Å²) in [7, 11) is 1.62. The van der Waals surface area contributed by atoms with Crippen LogP contribution in [0.2, 0.25) is 0 Å². The zero-order chi connectivity index (χ0) is 20.2. The van der Waals surface area contributed by atoms with Crippen LogP contribution >= 0.6 is 0 Å². The Kier molecular flexibility index (Phi) is 5.69. The van der Waals surface area contributed by atoms with E-state index in [9.17, 15) is 9.59 Å². The first-order valence-corrected chi connectivity index (χ1v) is 10.2. The van der Waals surface area contributed by atoms with Crippen molar-refractivity contribution in [3.05, 3.63) is 54.1 Å². The fourth-order valence-corrected chi connectivity index (χ4v) is 4.28. The van der Waals surface area contributed by atoms with E-state index < -0.39 is 0 Å². The number of methoxy groups -OCH3 is 1. The van der Waals surface area contributed by atoms with Crippen molar-refractivity contribution in [2.75, 3.05) is 43.5 Å². The topological polar surface area (TPSA) is 61.9 Å². The van der Waals surface area contributed by atoms with Crippen molar-refractivity contribution >= 4 is 23.2 Å². The van der Waals surface area contributed by atoms with Gasteiger partial charge in [-0.2, -0.15) is 0 Å². The highest BCUT2D eigenvalue weighted by molar-refractivity contribution is 5.94. The number of likely N-dealkylation sites (tertiary alicyclic amines) is 1. The molecule has 0 bridgehead atoms. The lowest BCUT2D eigenvalue weighted by molar-refractivity contribution is -0.127. The van der Waals surface area contributed by atoms with Crippen LogP contribution in [0.25, 0.3) is 0 Å². The number of nitrogens with zero attached hydrogens (tertiary/aromatic N) is 2. The zero-order valence-corrected chi connectivity index (χ0v) is 16.8. The number of fused-ring (bicyclic) bond motifs is 1. The number of nitrogens with one attached hydrogen (secondary N) is 1. The number of hydrogen-bond acceptors (Lipinski definition) is 4. The van der Waals surface area contributed by atoms with Gasteiger partial charge in [-0.1, -0.05) is 18.2 Å². The standard InChI is InChI=1S/C23H27N3O3/c1-29-19-10-8-18(9-11-19)24-22(27)16-26-15-17(20-5-2-3-6-21(20)26)12-14-25-13-4-7-23(25)28/h2-3,5-6,8-11,17H,4,7,12-16H2,1H3,(H,24,27). The van der Waals surface area contributed by atoms with Crippen molar-refractivity contribution in [3.8, 4) is 5.75 Å². The number of rotatable bonds is 7. The number of para-hydroxylation sites is 1. The summed E-state index contributed by atoms with van der Waals surface area (Å²) in [4.78, 5) is 28.6. The van der Waals surface area contributed by atoms with Gasteiger partial charge >= 0.3 is 0 Å². The van der Waals surface area contributed by atoms with Crippen LogP contribution < -0.4 is 15.0 Å². The van der Waals surface area contributed by atoms with Crippen molar-refractivity contribution in [3.63, 3.8) is 0 Å². The highest BCUT2D eigenvalue weighted by atomic mass is 16.5. The molecule has 1 atom stereocenters. The maximum absolute atomic E-state index is 12.6. The third-order valence-corrected chi connectivity index (χ3v) is 5.79. The van der Waals surface area contributed by atoms with E-state index in [-0.39, 0.29) is 11.8 Å². The van der Waals surface area contributed by atoms with E-state index in [0.29, 0.717) is 18.9 Å². The molecule has 2 aromatic carbocycles. The molecule has 1 fully saturated rings. The van der Waals surface area contributed by atoms with Crippen LogP contribution in [0.5, 0.6) is 5.75 Å². The average molecular weight is 393 g/mol. The van der Waals surface area contributed by atoms with Gasteiger partial charge in [-0.05, 0) is 48.7 Å². The highest BCUT2D eigenvalue weighted by Gasteiger charge is 2.30. The number of ether oxygens (including phenoxy) is 1. The maximum Gasteiger partial charge on any atom is 0.243 e. The first kappa shape index (κ1) is 19.3. The van der Waals surface area contributed by atoms with Crippen molar-refractivity contribution in [2.45, 2.75) is 25.2 Å². The van der Waals surface area contributed by atoms with Gasteiger partial charge in [-0.15, -0.1) is 0 Å². The SMILES string of the molecule is COc1ccc(NC(=O)CN2CC(CCN3CCCC3=O)c3ccccc32)cc1. The molecule has 2 aliphatic heterocycles. The Bertz CT molecular complexity index is 881. The predicted octanol–water partition coefficient (Wildman–Crippen LogP) is 3.25. The van der Waals surface area contributed by atoms with Crippen LogP contribution in [0.15, 0.2) is 48.5 Å². The second kappa shape index (κ2) is 8.55. The third kappa shape index (κ3) is 4.36. The van der Waals surface area contributed by atoms with E-state index in [1.54, 1.807) is 7.11 Å². The molecule has 2 amide bonds. The second-order valence-corrected chi connectivity index (χ2v) is 7.69. The van der Waals surface area contributed by atoms with Crippen molar-refractivity contribution in [2.24, 2.45) is 0 Å². The maximum atomic E-state index is 12.6. The normalized spacial score (nSPS) is 18.1. The van der Waals surface area contributed by atoms with Crippen LogP contribution in [-0.2, 0) is 9.59 Å². The molecule has 0 saturated carbocycles. The fraction of sp³-hybridized carbons (Fsp3) is 0.391. The van der Waals surface area contributed by atoms with Gasteiger partial charge in [-0.25, -0.2) is 0 Å². The Morgan fingerprint density at radius 3 is 2.66 bits per heavy atom. The molecule has 0 radical (unpaired) electrons. The Morgan fingerprint density at radius 1 is 1.14 bits per heavy atom. The molecule has 0 aliphatic carbocycles. The van der Waals surface area contributed by atoms with Crippen molar-refractivity contribution < 1.29 is 14.3 Å². The molecule has 1 N–H and O–H groups in total. The van der Waals surface area contributed by atoms with Gasteiger partial charge in [0.05, 0.1) is 13.7 Å². The summed E-state index contributed by atoms with van der Waals surface area (Å²) in [5.74, 6) is 1.33. The Balaban J connectivity index is 1.38. The van der Waals surface area contributed by atoms with Gasteiger partial charge in [-0.3, -0.25) is 9.59 Å². The Hall–Kier alpha value is -3.02. The lowest BCUT2D eigenvalue weighted by Gasteiger charge is -2.21. The van der Waals surface area contributed by atoms with Gasteiger partial charge in [0.1, 0.15) is 5.75 Å². The Morgan fingerprint density at radius 2 is 1.93 bits per heavy atom. The van der Waals surface area contributed by atoms with E-state index in [2.05, 4.69) is 22.3 Å². The predicted molar refractivity (Wildman–Crippen MR) is 113 cm³/mol. The molecule has 2 heterocycles. The van der Waals surface area contributed by atoms with Gasteiger partial charge in [0.2, 0.25) is 11.8 Å². The zero-order valence-electron chi connectivity index (χ0n) is 16.8. The number of benzene rings is 2. The molecule has 1 unspecified atom stereocenters. The first-order chi connectivity index (χ1) is 14.1. The van der Waals surface area contributed by atoms with Crippen LogP contribution in [0, 0.1) is 0 Å².